The van der Waals surface area contributed by atoms with Gasteiger partial charge in [-0.2, -0.15) is 0 Å². The highest BCUT2D eigenvalue weighted by atomic mass is 31.0. The molecule has 1 spiro atoms. The maximum Gasteiger partial charge on any atom is 0.0107 e. The van der Waals surface area contributed by atoms with E-state index in [9.17, 15) is 0 Å². The van der Waals surface area contributed by atoms with E-state index in [0.29, 0.717) is 0 Å². The first kappa shape index (κ1) is 9.48. The molecule has 2 rings (SSSR count). The van der Waals surface area contributed by atoms with Crippen LogP contribution in [-0.4, -0.2) is 17.3 Å². The first-order valence-electron chi connectivity index (χ1n) is 4.73. The minimum atomic E-state index is 0.793. The van der Waals surface area contributed by atoms with E-state index in [2.05, 4.69) is 21.0 Å². The summed E-state index contributed by atoms with van der Waals surface area (Å²) in [7, 11) is 2.83. The molecule has 11 heavy (non-hydrogen) atoms. The summed E-state index contributed by atoms with van der Waals surface area (Å²) in [6.45, 7) is 7.65. The zero-order valence-corrected chi connectivity index (χ0v) is 9.09. The molecular formula is C9H20NP. The van der Waals surface area contributed by atoms with Crippen LogP contribution >= 0.6 is 9.39 Å². The highest BCUT2D eigenvalue weighted by Crippen LogP contribution is 2.55. The van der Waals surface area contributed by atoms with Crippen LogP contribution in [-0.2, 0) is 0 Å². The monoisotopic (exact) mass is 173 g/mol. The summed E-state index contributed by atoms with van der Waals surface area (Å²) in [6, 6.07) is 0.817. The Morgan fingerprint density at radius 1 is 1.36 bits per heavy atom. The molecular weight excluding hydrogens is 153 g/mol. The molecule has 2 fully saturated rings. The van der Waals surface area contributed by atoms with Gasteiger partial charge in [0.05, 0.1) is 0 Å². The highest BCUT2D eigenvalue weighted by Gasteiger charge is 2.49. The van der Waals surface area contributed by atoms with Crippen molar-refractivity contribution in [3.8, 4) is 0 Å². The van der Waals surface area contributed by atoms with Crippen molar-refractivity contribution in [2.75, 3.05) is 6.54 Å². The molecule has 0 aromatic rings. The van der Waals surface area contributed by atoms with E-state index < -0.39 is 0 Å². The van der Waals surface area contributed by atoms with Crippen molar-refractivity contribution in [2.24, 2.45) is 5.41 Å². The van der Waals surface area contributed by atoms with Crippen LogP contribution in [0, 0.1) is 5.41 Å². The van der Waals surface area contributed by atoms with Gasteiger partial charge in [0, 0.05) is 12.6 Å². The highest BCUT2D eigenvalue weighted by molar-refractivity contribution is 7.13. The Balaban J connectivity index is 0.000000281. The van der Waals surface area contributed by atoms with Gasteiger partial charge in [-0.25, -0.2) is 0 Å². The van der Waals surface area contributed by atoms with Gasteiger partial charge >= 0.3 is 0 Å². The second-order valence-electron chi connectivity index (χ2n) is 3.73. The van der Waals surface area contributed by atoms with Gasteiger partial charge in [-0.15, -0.1) is 0 Å². The van der Waals surface area contributed by atoms with Crippen LogP contribution in [0.4, 0.5) is 0 Å². The summed E-state index contributed by atoms with van der Waals surface area (Å²) in [6.07, 6.45) is 4.42. The third-order valence-electron chi connectivity index (χ3n) is 2.77. The van der Waals surface area contributed by atoms with Crippen molar-refractivity contribution >= 4 is 9.39 Å². The molecule has 0 amide bonds. The van der Waals surface area contributed by atoms with Gasteiger partial charge in [0.25, 0.3) is 0 Å². The second kappa shape index (κ2) is 3.41. The fourth-order valence-corrected chi connectivity index (χ4v) is 2.38. The molecule has 2 atom stereocenters. The van der Waals surface area contributed by atoms with Crippen molar-refractivity contribution < 1.29 is 0 Å². The van der Waals surface area contributed by atoms with Crippen molar-refractivity contribution in [1.29, 1.82) is 0 Å². The predicted octanol–water partition coefficient (Wildman–Crippen LogP) is 2.68. The Bertz CT molecular complexity index is 120. The third kappa shape index (κ3) is 1.95. The van der Waals surface area contributed by atoms with E-state index in [4.69, 9.17) is 0 Å². The number of nitrogens with zero attached hydrogens (tertiary/aromatic N) is 1. The van der Waals surface area contributed by atoms with Gasteiger partial charge < -0.3 is 0 Å². The molecule has 66 valence electrons. The minimum Gasteiger partial charge on any atom is -0.284 e. The second-order valence-corrected chi connectivity index (χ2v) is 4.39. The van der Waals surface area contributed by atoms with Gasteiger partial charge in [-0.3, -0.25) is 4.67 Å². The quantitative estimate of drug-likeness (QED) is 0.509. The standard InChI is InChI=1S/C7H14NP.C2H6/c1-6-4-7(2-3-7)5-8(6)9;1-2/h6H,2-5,9H2,1H3;1-2H3. The Labute approximate surface area is 72.8 Å². The van der Waals surface area contributed by atoms with Crippen molar-refractivity contribution in [1.82, 2.24) is 4.67 Å². The Hall–Kier alpha value is 0.390. The maximum absolute atomic E-state index is 2.83. The molecule has 0 bridgehead atoms. The molecule has 1 heterocycles. The average molecular weight is 173 g/mol. The van der Waals surface area contributed by atoms with Crippen LogP contribution in [0.5, 0.6) is 0 Å². The average Bonchev–Trinajstić information content (AvgIpc) is 2.66. The van der Waals surface area contributed by atoms with Crippen LogP contribution < -0.4 is 0 Å². The van der Waals surface area contributed by atoms with Crippen molar-refractivity contribution in [2.45, 2.75) is 46.1 Å². The molecule has 2 aliphatic rings. The topological polar surface area (TPSA) is 3.24 Å². The lowest BCUT2D eigenvalue weighted by Crippen LogP contribution is -2.14. The van der Waals surface area contributed by atoms with Crippen LogP contribution in [0.2, 0.25) is 0 Å². The predicted molar refractivity (Wildman–Crippen MR) is 53.5 cm³/mol. The molecule has 1 saturated heterocycles. The largest absolute Gasteiger partial charge is 0.284 e. The SMILES string of the molecule is CC.CC1CC2(CC2)CN1P. The summed E-state index contributed by atoms with van der Waals surface area (Å²) in [5.74, 6) is 0. The summed E-state index contributed by atoms with van der Waals surface area (Å²) in [4.78, 5) is 0. The number of hydrogen-bond donors (Lipinski definition) is 0. The maximum atomic E-state index is 2.83. The van der Waals surface area contributed by atoms with Gasteiger partial charge in [0.2, 0.25) is 0 Å². The first-order valence-corrected chi connectivity index (χ1v) is 5.25. The molecule has 2 unspecified atom stereocenters. The van der Waals surface area contributed by atoms with E-state index in [0.717, 1.165) is 11.5 Å². The minimum absolute atomic E-state index is 0.793. The lowest BCUT2D eigenvalue weighted by molar-refractivity contribution is 0.460. The zero-order valence-electron chi connectivity index (χ0n) is 7.93. The van der Waals surface area contributed by atoms with Gasteiger partial charge in [-0.1, -0.05) is 23.2 Å². The van der Waals surface area contributed by atoms with Gasteiger partial charge in [-0.05, 0) is 31.6 Å². The molecule has 1 aliphatic heterocycles. The lowest BCUT2D eigenvalue weighted by atomic mass is 10.0. The van der Waals surface area contributed by atoms with Crippen molar-refractivity contribution in [3.05, 3.63) is 0 Å². The number of hydrogen-bond acceptors (Lipinski definition) is 1. The van der Waals surface area contributed by atoms with Crippen LogP contribution in [0.3, 0.4) is 0 Å². The summed E-state index contributed by atoms with van der Waals surface area (Å²) in [5, 5.41) is 0. The molecule has 0 aromatic carbocycles. The Kier molecular flexibility index (Phi) is 2.94. The van der Waals surface area contributed by atoms with E-state index >= 15 is 0 Å². The van der Waals surface area contributed by atoms with Crippen LogP contribution in [0.1, 0.15) is 40.0 Å². The lowest BCUT2D eigenvalue weighted by Gasteiger charge is -2.11. The van der Waals surface area contributed by atoms with Crippen LogP contribution in [0.25, 0.3) is 0 Å². The third-order valence-corrected chi connectivity index (χ3v) is 3.46. The van der Waals surface area contributed by atoms with Gasteiger partial charge in [0.1, 0.15) is 0 Å². The fraction of sp³-hybridized carbons (Fsp3) is 1.00. The fourth-order valence-electron chi connectivity index (χ4n) is 1.89. The molecule has 2 heteroatoms. The smallest absolute Gasteiger partial charge is 0.0107 e. The first-order chi connectivity index (χ1) is 5.22. The Morgan fingerprint density at radius 3 is 2.09 bits per heavy atom. The normalized spacial score (nSPS) is 33.3. The molecule has 0 radical (unpaired) electrons. The van der Waals surface area contributed by atoms with E-state index in [1.54, 1.807) is 0 Å². The molecule has 1 saturated carbocycles. The number of rotatable bonds is 0. The van der Waals surface area contributed by atoms with Crippen molar-refractivity contribution in [3.63, 3.8) is 0 Å². The molecule has 0 aromatic heterocycles. The van der Waals surface area contributed by atoms with E-state index in [1.165, 1.54) is 25.8 Å². The summed E-state index contributed by atoms with van der Waals surface area (Å²) >= 11 is 0. The van der Waals surface area contributed by atoms with E-state index in [-0.39, 0.29) is 0 Å². The molecule has 0 N–H and O–H groups in total. The summed E-state index contributed by atoms with van der Waals surface area (Å²) in [5.41, 5.74) is 0.793. The zero-order chi connectivity index (χ0) is 8.48. The molecule has 1 aliphatic carbocycles. The van der Waals surface area contributed by atoms with Gasteiger partial charge in [0.15, 0.2) is 0 Å². The van der Waals surface area contributed by atoms with E-state index in [1.807, 2.05) is 13.8 Å². The molecule has 1 nitrogen and oxygen atoms in total. The van der Waals surface area contributed by atoms with Crippen LogP contribution in [0.15, 0.2) is 0 Å². The Morgan fingerprint density at radius 2 is 1.91 bits per heavy atom. The summed E-state index contributed by atoms with van der Waals surface area (Å²) < 4.78 is 2.41.